The first-order valence-corrected chi connectivity index (χ1v) is 7.73. The van der Waals surface area contributed by atoms with Gasteiger partial charge in [-0.25, -0.2) is 0 Å². The summed E-state index contributed by atoms with van der Waals surface area (Å²) in [5.74, 6) is 1.86. The molecule has 2 rings (SSSR count). The Morgan fingerprint density at radius 1 is 1.19 bits per heavy atom. The van der Waals surface area contributed by atoms with E-state index >= 15 is 0 Å². The molecule has 1 fully saturated rings. The van der Waals surface area contributed by atoms with Crippen LogP contribution in [0, 0.1) is 0 Å². The molecule has 0 N–H and O–H groups in total. The number of nitrogens with zero attached hydrogens (tertiary/aromatic N) is 1. The van der Waals surface area contributed by atoms with Crippen LogP contribution in [0.15, 0.2) is 24.3 Å². The molecule has 116 valence electrons. The van der Waals surface area contributed by atoms with Gasteiger partial charge in [-0.2, -0.15) is 0 Å². The van der Waals surface area contributed by atoms with Gasteiger partial charge in [-0.05, 0) is 43.5 Å². The van der Waals surface area contributed by atoms with Crippen LogP contribution >= 0.6 is 0 Å². The lowest BCUT2D eigenvalue weighted by atomic mass is 10.2. The summed E-state index contributed by atoms with van der Waals surface area (Å²) in [7, 11) is 3.57. The van der Waals surface area contributed by atoms with E-state index in [0.29, 0.717) is 19.1 Å². The van der Waals surface area contributed by atoms with Crippen LogP contribution in [0.5, 0.6) is 11.5 Å². The van der Waals surface area contributed by atoms with E-state index in [1.807, 2.05) is 36.2 Å². The Labute approximate surface area is 127 Å². The molecule has 0 aliphatic heterocycles. The minimum atomic E-state index is 0.236. The summed E-state index contributed by atoms with van der Waals surface area (Å²) >= 11 is 0. The Hall–Kier alpha value is -1.71. The summed E-state index contributed by atoms with van der Waals surface area (Å²) in [4.78, 5) is 14.0. The third-order valence-electron chi connectivity index (χ3n) is 4.13. The average molecular weight is 291 g/mol. The zero-order valence-corrected chi connectivity index (χ0v) is 13.0. The summed E-state index contributed by atoms with van der Waals surface area (Å²) in [6.45, 7) is 0.566. The molecule has 1 aliphatic rings. The first-order valence-electron chi connectivity index (χ1n) is 7.73. The molecule has 1 aliphatic carbocycles. The summed E-state index contributed by atoms with van der Waals surface area (Å²) < 4.78 is 10.7. The first kappa shape index (κ1) is 15.7. The third kappa shape index (κ3) is 4.66. The highest BCUT2D eigenvalue weighted by Crippen LogP contribution is 2.23. The summed E-state index contributed by atoms with van der Waals surface area (Å²) in [5, 5.41) is 0. The normalized spacial score (nSPS) is 15.0. The molecular weight excluding hydrogens is 266 g/mol. The number of carbonyl (C=O) groups excluding carboxylic acids is 1. The summed E-state index contributed by atoms with van der Waals surface area (Å²) in [6, 6.07) is 7.96. The fourth-order valence-electron chi connectivity index (χ4n) is 2.76. The number of rotatable bonds is 7. The lowest BCUT2D eigenvalue weighted by Gasteiger charge is -2.24. The number of hydrogen-bond donors (Lipinski definition) is 0. The summed E-state index contributed by atoms with van der Waals surface area (Å²) in [6.07, 6.45) is 6.13. The Kier molecular flexibility index (Phi) is 5.90. The molecule has 21 heavy (non-hydrogen) atoms. The predicted molar refractivity (Wildman–Crippen MR) is 82.7 cm³/mol. The van der Waals surface area contributed by atoms with Crippen molar-refractivity contribution in [2.75, 3.05) is 20.8 Å². The molecule has 0 spiro atoms. The van der Waals surface area contributed by atoms with E-state index in [2.05, 4.69) is 0 Å². The zero-order valence-electron chi connectivity index (χ0n) is 13.0. The highest BCUT2D eigenvalue weighted by molar-refractivity contribution is 5.76. The molecule has 0 atom stereocenters. The van der Waals surface area contributed by atoms with Gasteiger partial charge < -0.3 is 14.4 Å². The van der Waals surface area contributed by atoms with Crippen molar-refractivity contribution in [2.45, 2.75) is 44.6 Å². The Balaban J connectivity index is 1.65. The molecule has 0 aromatic heterocycles. The molecule has 0 unspecified atom stereocenters. The molecule has 0 saturated heterocycles. The molecule has 1 aromatic carbocycles. The number of hydrogen-bond acceptors (Lipinski definition) is 3. The Morgan fingerprint density at radius 2 is 1.81 bits per heavy atom. The molecule has 4 nitrogen and oxygen atoms in total. The topological polar surface area (TPSA) is 38.8 Å². The second-order valence-corrected chi connectivity index (χ2v) is 5.57. The van der Waals surface area contributed by atoms with Gasteiger partial charge in [0.2, 0.25) is 5.91 Å². The molecule has 4 heteroatoms. The van der Waals surface area contributed by atoms with E-state index in [0.717, 1.165) is 30.8 Å². The van der Waals surface area contributed by atoms with Crippen LogP contribution in [0.25, 0.3) is 0 Å². The number of carbonyl (C=O) groups is 1. The zero-order chi connectivity index (χ0) is 15.1. The fraction of sp³-hybridized carbons (Fsp3) is 0.588. The van der Waals surface area contributed by atoms with E-state index in [-0.39, 0.29) is 5.91 Å². The van der Waals surface area contributed by atoms with Gasteiger partial charge in [-0.1, -0.05) is 12.8 Å². The maximum atomic E-state index is 12.1. The van der Waals surface area contributed by atoms with Crippen LogP contribution in [-0.4, -0.2) is 37.6 Å². The van der Waals surface area contributed by atoms with Gasteiger partial charge in [0.1, 0.15) is 11.5 Å². The third-order valence-corrected chi connectivity index (χ3v) is 4.13. The number of amides is 1. The smallest absolute Gasteiger partial charge is 0.222 e. The lowest BCUT2D eigenvalue weighted by molar-refractivity contribution is -0.132. The van der Waals surface area contributed by atoms with Crippen molar-refractivity contribution in [3.05, 3.63) is 24.3 Å². The molecular formula is C17H25NO3. The van der Waals surface area contributed by atoms with Crippen molar-refractivity contribution >= 4 is 5.91 Å². The second kappa shape index (κ2) is 7.91. The van der Waals surface area contributed by atoms with Crippen LogP contribution in [-0.2, 0) is 4.79 Å². The molecule has 0 heterocycles. The standard InChI is InChI=1S/C17H25NO3/c1-18(14-6-3-4-7-14)17(19)8-5-13-21-16-11-9-15(20-2)10-12-16/h9-12,14H,3-8,13H2,1-2H3. The van der Waals surface area contributed by atoms with Gasteiger partial charge in [0.25, 0.3) is 0 Å². The maximum absolute atomic E-state index is 12.1. The van der Waals surface area contributed by atoms with E-state index in [4.69, 9.17) is 9.47 Å². The van der Waals surface area contributed by atoms with Crippen LogP contribution in [0.2, 0.25) is 0 Å². The van der Waals surface area contributed by atoms with Crippen LogP contribution in [0.1, 0.15) is 38.5 Å². The molecule has 1 aromatic rings. The number of methoxy groups -OCH3 is 1. The molecule has 0 bridgehead atoms. The van der Waals surface area contributed by atoms with Crippen molar-refractivity contribution in [2.24, 2.45) is 0 Å². The van der Waals surface area contributed by atoms with Crippen molar-refractivity contribution in [3.8, 4) is 11.5 Å². The largest absolute Gasteiger partial charge is 0.497 e. The van der Waals surface area contributed by atoms with Gasteiger partial charge >= 0.3 is 0 Å². The number of benzene rings is 1. The van der Waals surface area contributed by atoms with Gasteiger partial charge in [-0.3, -0.25) is 4.79 Å². The lowest BCUT2D eigenvalue weighted by Crippen LogP contribution is -2.35. The monoisotopic (exact) mass is 291 g/mol. The van der Waals surface area contributed by atoms with Gasteiger partial charge in [0.05, 0.1) is 13.7 Å². The quantitative estimate of drug-likeness (QED) is 0.724. The van der Waals surface area contributed by atoms with Crippen molar-refractivity contribution in [1.82, 2.24) is 4.90 Å². The van der Waals surface area contributed by atoms with Gasteiger partial charge in [0.15, 0.2) is 0 Å². The Morgan fingerprint density at radius 3 is 2.43 bits per heavy atom. The molecule has 1 saturated carbocycles. The second-order valence-electron chi connectivity index (χ2n) is 5.57. The van der Waals surface area contributed by atoms with Crippen molar-refractivity contribution in [1.29, 1.82) is 0 Å². The minimum absolute atomic E-state index is 0.236. The maximum Gasteiger partial charge on any atom is 0.222 e. The van der Waals surface area contributed by atoms with E-state index in [1.54, 1.807) is 7.11 Å². The predicted octanol–water partition coefficient (Wildman–Crippen LogP) is 3.26. The average Bonchev–Trinajstić information content (AvgIpc) is 3.05. The Bertz CT molecular complexity index is 438. The van der Waals surface area contributed by atoms with Crippen molar-refractivity contribution < 1.29 is 14.3 Å². The summed E-state index contributed by atoms with van der Waals surface area (Å²) in [5.41, 5.74) is 0. The fourth-order valence-corrected chi connectivity index (χ4v) is 2.76. The van der Waals surface area contributed by atoms with Crippen LogP contribution in [0.3, 0.4) is 0 Å². The highest BCUT2D eigenvalue weighted by atomic mass is 16.5. The van der Waals surface area contributed by atoms with Crippen LogP contribution in [0.4, 0.5) is 0 Å². The molecule has 0 radical (unpaired) electrons. The van der Waals surface area contributed by atoms with Crippen molar-refractivity contribution in [3.63, 3.8) is 0 Å². The SMILES string of the molecule is COc1ccc(OCCCC(=O)N(C)C2CCCC2)cc1. The van der Waals surface area contributed by atoms with Gasteiger partial charge in [-0.15, -0.1) is 0 Å². The van der Waals surface area contributed by atoms with E-state index < -0.39 is 0 Å². The number of ether oxygens (including phenoxy) is 2. The van der Waals surface area contributed by atoms with Gasteiger partial charge in [0, 0.05) is 19.5 Å². The first-order chi connectivity index (χ1) is 10.2. The highest BCUT2D eigenvalue weighted by Gasteiger charge is 2.22. The van der Waals surface area contributed by atoms with Crippen LogP contribution < -0.4 is 9.47 Å². The van der Waals surface area contributed by atoms with E-state index in [9.17, 15) is 4.79 Å². The van der Waals surface area contributed by atoms with E-state index in [1.165, 1.54) is 12.8 Å². The molecule has 1 amide bonds. The minimum Gasteiger partial charge on any atom is -0.497 e.